The van der Waals surface area contributed by atoms with Crippen molar-refractivity contribution < 1.29 is 9.47 Å². The third-order valence-corrected chi connectivity index (χ3v) is 12.5. The number of ether oxygens (including phenoxy) is 2. The van der Waals surface area contributed by atoms with Gasteiger partial charge < -0.3 is 19.3 Å². The van der Waals surface area contributed by atoms with Gasteiger partial charge in [0.2, 0.25) is 0 Å². The number of aromatic nitrogens is 4. The molecule has 0 saturated carbocycles. The van der Waals surface area contributed by atoms with Gasteiger partial charge in [-0.2, -0.15) is 0 Å². The highest BCUT2D eigenvalue weighted by atomic mass is 32.1. The highest BCUT2D eigenvalue weighted by molar-refractivity contribution is 7.21. The van der Waals surface area contributed by atoms with Crippen molar-refractivity contribution in [2.75, 3.05) is 9.80 Å². The summed E-state index contributed by atoms with van der Waals surface area (Å²) < 4.78 is 13.0. The van der Waals surface area contributed by atoms with Crippen LogP contribution in [0.2, 0.25) is 0 Å². The second-order valence-corrected chi connectivity index (χ2v) is 15.9. The van der Waals surface area contributed by atoms with Gasteiger partial charge in [0.25, 0.3) is 0 Å². The number of hydrogen-bond donors (Lipinski definition) is 0. The Morgan fingerprint density at radius 2 is 0.759 bits per heavy atom. The SMILES string of the molecule is c1ccc2c(c1)Oc1ccccc1N2c1cc(-c2nc3cccnc3s2)ccc1-c1ccc(-c2nc3cccnc3s2)cc1N1c2ccccc2Oc2ccccc21. The van der Waals surface area contributed by atoms with Gasteiger partial charge in [0.05, 0.1) is 34.1 Å². The molecule has 0 amide bonds. The van der Waals surface area contributed by atoms with Gasteiger partial charge in [-0.3, -0.25) is 0 Å². The molecule has 0 aliphatic carbocycles. The van der Waals surface area contributed by atoms with E-state index in [-0.39, 0.29) is 0 Å². The predicted octanol–water partition coefficient (Wildman–Crippen LogP) is 13.8. The van der Waals surface area contributed by atoms with Gasteiger partial charge in [-0.05, 0) is 84.9 Å². The maximum Gasteiger partial charge on any atom is 0.151 e. The minimum Gasteiger partial charge on any atom is -0.453 e. The lowest BCUT2D eigenvalue weighted by Gasteiger charge is -2.36. The molecule has 274 valence electrons. The van der Waals surface area contributed by atoms with Crippen LogP contribution in [0.3, 0.4) is 0 Å². The zero-order valence-electron chi connectivity index (χ0n) is 30.5. The van der Waals surface area contributed by atoms with Gasteiger partial charge in [-0.15, -0.1) is 0 Å². The minimum absolute atomic E-state index is 0.776. The Labute approximate surface area is 340 Å². The molecule has 6 heterocycles. The minimum atomic E-state index is 0.776. The molecule has 12 rings (SSSR count). The second kappa shape index (κ2) is 13.1. The molecule has 0 bridgehead atoms. The Balaban J connectivity index is 1.15. The Morgan fingerprint density at radius 3 is 1.14 bits per heavy atom. The van der Waals surface area contributed by atoms with E-state index in [1.165, 1.54) is 0 Å². The van der Waals surface area contributed by atoms with E-state index in [2.05, 4.69) is 105 Å². The average Bonchev–Trinajstić information content (AvgIpc) is 3.92. The number of hydrogen-bond acceptors (Lipinski definition) is 10. The molecule has 2 aliphatic heterocycles. The smallest absolute Gasteiger partial charge is 0.151 e. The summed E-state index contributed by atoms with van der Waals surface area (Å²) in [6.07, 6.45) is 3.64. The lowest BCUT2D eigenvalue weighted by molar-refractivity contribution is 0.476. The van der Waals surface area contributed by atoms with Crippen molar-refractivity contribution in [1.82, 2.24) is 19.9 Å². The lowest BCUT2D eigenvalue weighted by Crippen LogP contribution is -2.18. The molecule has 0 unspecified atom stereocenters. The van der Waals surface area contributed by atoms with E-state index in [0.29, 0.717) is 0 Å². The van der Waals surface area contributed by atoms with Gasteiger partial charge in [-0.25, -0.2) is 19.9 Å². The maximum absolute atomic E-state index is 6.52. The first-order valence-electron chi connectivity index (χ1n) is 18.8. The van der Waals surface area contributed by atoms with E-state index >= 15 is 0 Å². The molecular formula is C48H28N6O2S2. The summed E-state index contributed by atoms with van der Waals surface area (Å²) in [6.45, 7) is 0. The van der Waals surface area contributed by atoms with E-state index in [0.717, 1.165) is 110 Å². The number of para-hydroxylation sites is 8. The lowest BCUT2D eigenvalue weighted by atomic mass is 9.95. The van der Waals surface area contributed by atoms with Crippen molar-refractivity contribution >= 4 is 77.5 Å². The number of benzene rings is 6. The first kappa shape index (κ1) is 32.8. The van der Waals surface area contributed by atoms with Crippen molar-refractivity contribution in [3.8, 4) is 55.3 Å². The highest BCUT2D eigenvalue weighted by Crippen LogP contribution is 2.57. The van der Waals surface area contributed by atoms with Gasteiger partial charge in [0.15, 0.2) is 23.0 Å². The van der Waals surface area contributed by atoms with E-state index in [1.807, 2.05) is 85.2 Å². The predicted molar refractivity (Wildman–Crippen MR) is 234 cm³/mol. The van der Waals surface area contributed by atoms with Crippen LogP contribution in [0, 0.1) is 0 Å². The van der Waals surface area contributed by atoms with Crippen LogP contribution in [0.4, 0.5) is 34.1 Å². The van der Waals surface area contributed by atoms with Crippen LogP contribution in [-0.2, 0) is 0 Å². The molecule has 6 aromatic carbocycles. The molecule has 2 aliphatic rings. The van der Waals surface area contributed by atoms with Crippen LogP contribution >= 0.6 is 22.7 Å². The maximum atomic E-state index is 6.52. The van der Waals surface area contributed by atoms with Crippen LogP contribution in [0.5, 0.6) is 23.0 Å². The zero-order chi connectivity index (χ0) is 38.2. The fourth-order valence-corrected chi connectivity index (χ4v) is 9.68. The second-order valence-electron chi connectivity index (χ2n) is 13.9. The number of thiazole rings is 2. The summed E-state index contributed by atoms with van der Waals surface area (Å²) in [5.74, 6) is 3.10. The summed E-state index contributed by atoms with van der Waals surface area (Å²) in [7, 11) is 0. The number of fused-ring (bicyclic) bond motifs is 6. The van der Waals surface area contributed by atoms with Crippen molar-refractivity contribution in [2.24, 2.45) is 0 Å². The van der Waals surface area contributed by atoms with Crippen LogP contribution in [-0.4, -0.2) is 19.9 Å². The summed E-state index contributed by atoms with van der Waals surface area (Å²) >= 11 is 3.18. The first-order valence-corrected chi connectivity index (χ1v) is 20.4. The van der Waals surface area contributed by atoms with E-state index in [4.69, 9.17) is 19.4 Å². The monoisotopic (exact) mass is 784 g/mol. The molecular weight excluding hydrogens is 757 g/mol. The van der Waals surface area contributed by atoms with Crippen LogP contribution in [0.15, 0.2) is 170 Å². The molecule has 0 saturated heterocycles. The summed E-state index contributed by atoms with van der Waals surface area (Å²) in [6, 6.07) is 54.0. The number of rotatable bonds is 5. The number of anilines is 6. The van der Waals surface area contributed by atoms with Crippen molar-refractivity contribution in [1.29, 1.82) is 0 Å². The molecule has 10 heteroatoms. The van der Waals surface area contributed by atoms with Crippen LogP contribution in [0.25, 0.3) is 53.0 Å². The fraction of sp³-hybridized carbons (Fsp3) is 0. The van der Waals surface area contributed by atoms with E-state index in [9.17, 15) is 0 Å². The fourth-order valence-electron chi connectivity index (χ4n) is 7.87. The van der Waals surface area contributed by atoms with Gasteiger partial charge in [-0.1, -0.05) is 95.5 Å². The molecule has 0 atom stereocenters. The van der Waals surface area contributed by atoms with E-state index in [1.54, 1.807) is 22.7 Å². The normalized spacial score (nSPS) is 12.7. The summed E-state index contributed by atoms with van der Waals surface area (Å²) in [5.41, 5.74) is 11.5. The molecule has 0 radical (unpaired) electrons. The van der Waals surface area contributed by atoms with Gasteiger partial charge >= 0.3 is 0 Å². The van der Waals surface area contributed by atoms with Crippen LogP contribution < -0.4 is 19.3 Å². The van der Waals surface area contributed by atoms with Crippen molar-refractivity contribution in [3.63, 3.8) is 0 Å². The van der Waals surface area contributed by atoms with Crippen molar-refractivity contribution in [2.45, 2.75) is 0 Å². The molecule has 0 fully saturated rings. The molecule has 58 heavy (non-hydrogen) atoms. The standard InChI is InChI=1S/C48H28N6O2S2/c1-5-17-41-35(13-1)53(36-14-2-6-18-42(36)55-41)39-27-29(45-51-33-11-9-25-49-47(33)57-45)21-23-31(39)32-24-22-30(46-52-34-12-10-26-50-48(34)58-46)28-40(32)54-37-15-3-7-19-43(37)56-44-20-8-4-16-38(44)54/h1-28H. The molecule has 0 N–H and O–H groups in total. The first-order chi connectivity index (χ1) is 28.7. The van der Waals surface area contributed by atoms with E-state index < -0.39 is 0 Å². The number of pyridine rings is 2. The molecule has 10 aromatic rings. The summed E-state index contributed by atoms with van der Waals surface area (Å²) in [5, 5.41) is 1.79. The Morgan fingerprint density at radius 1 is 0.379 bits per heavy atom. The summed E-state index contributed by atoms with van der Waals surface area (Å²) in [4.78, 5) is 25.8. The quantitative estimate of drug-likeness (QED) is 0.171. The Hall–Kier alpha value is -7.40. The van der Waals surface area contributed by atoms with Crippen LogP contribution in [0.1, 0.15) is 0 Å². The number of nitrogens with zero attached hydrogens (tertiary/aromatic N) is 6. The topological polar surface area (TPSA) is 76.5 Å². The zero-order valence-corrected chi connectivity index (χ0v) is 32.1. The molecule has 4 aromatic heterocycles. The molecule has 0 spiro atoms. The third-order valence-electron chi connectivity index (χ3n) is 10.5. The largest absolute Gasteiger partial charge is 0.453 e. The Bertz CT molecular complexity index is 2880. The van der Waals surface area contributed by atoms with Gasteiger partial charge in [0.1, 0.15) is 30.7 Å². The Kier molecular flexibility index (Phi) is 7.40. The average molecular weight is 785 g/mol. The third kappa shape index (κ3) is 5.27. The highest BCUT2D eigenvalue weighted by Gasteiger charge is 2.32. The van der Waals surface area contributed by atoms with Crippen molar-refractivity contribution in [3.05, 3.63) is 170 Å². The van der Waals surface area contributed by atoms with Gasteiger partial charge in [0, 0.05) is 34.6 Å². The molecule has 8 nitrogen and oxygen atoms in total.